The summed E-state index contributed by atoms with van der Waals surface area (Å²) in [6.07, 6.45) is -4.23. The number of rotatable bonds is 7. The molecule has 0 spiro atoms. The van der Waals surface area contributed by atoms with Crippen LogP contribution in [-0.4, -0.2) is 26.3 Å². The molecule has 0 aliphatic heterocycles. The fourth-order valence-corrected chi connectivity index (χ4v) is 2.17. The van der Waals surface area contributed by atoms with Gasteiger partial charge in [-0.3, -0.25) is 0 Å². The number of anilines is 1. The van der Waals surface area contributed by atoms with E-state index in [1.165, 1.54) is 17.0 Å². The Morgan fingerprint density at radius 1 is 1.29 bits per heavy atom. The highest BCUT2D eigenvalue weighted by Crippen LogP contribution is 2.29. The summed E-state index contributed by atoms with van der Waals surface area (Å²) < 4.78 is 51.0. The molecule has 0 bridgehead atoms. The molecule has 1 aromatic carbocycles. The smallest absolute Gasteiger partial charge is 0.374 e. The minimum absolute atomic E-state index is 0.194. The van der Waals surface area contributed by atoms with Crippen LogP contribution in [0.1, 0.15) is 38.3 Å². The number of halogens is 4. The third-order valence-electron chi connectivity index (χ3n) is 3.31. The normalized spacial score (nSPS) is 13.3. The average molecular weight is 306 g/mol. The third-order valence-corrected chi connectivity index (χ3v) is 3.31. The second kappa shape index (κ2) is 7.64. The lowest BCUT2D eigenvalue weighted by Crippen LogP contribution is -2.28. The van der Waals surface area contributed by atoms with Gasteiger partial charge < -0.3 is 10.2 Å². The van der Waals surface area contributed by atoms with Crippen molar-refractivity contribution in [3.8, 4) is 0 Å². The molecule has 1 aromatic rings. The van der Waals surface area contributed by atoms with E-state index >= 15 is 0 Å². The van der Waals surface area contributed by atoms with Gasteiger partial charge in [0, 0.05) is 30.9 Å². The Hall–Kier alpha value is -1.30. The molecule has 120 valence electrons. The molecule has 0 radical (unpaired) electrons. The van der Waals surface area contributed by atoms with Crippen LogP contribution < -0.4 is 10.2 Å². The van der Waals surface area contributed by atoms with Crippen LogP contribution in [0, 0.1) is 5.82 Å². The summed E-state index contributed by atoms with van der Waals surface area (Å²) in [4.78, 5) is 1.45. The second-order valence-corrected chi connectivity index (χ2v) is 5.14. The zero-order chi connectivity index (χ0) is 16.0. The van der Waals surface area contributed by atoms with E-state index < -0.39 is 18.4 Å². The molecule has 0 saturated carbocycles. The monoisotopic (exact) mass is 306 g/mol. The van der Waals surface area contributed by atoms with Crippen LogP contribution in [0.3, 0.4) is 0 Å². The number of hydrogen-bond donors (Lipinski definition) is 1. The van der Waals surface area contributed by atoms with E-state index in [0.29, 0.717) is 11.3 Å². The van der Waals surface area contributed by atoms with Gasteiger partial charge in [-0.05, 0) is 32.0 Å². The summed E-state index contributed by atoms with van der Waals surface area (Å²) in [5, 5.41) is 3.17. The molecular weight excluding hydrogens is 284 g/mol. The molecule has 1 atom stereocenters. The first-order chi connectivity index (χ1) is 9.76. The molecule has 0 saturated heterocycles. The summed E-state index contributed by atoms with van der Waals surface area (Å²) in [5.41, 5.74) is 0.908. The molecule has 6 heteroatoms. The van der Waals surface area contributed by atoms with Crippen LogP contribution in [-0.2, 0) is 0 Å². The molecule has 0 aromatic heterocycles. The van der Waals surface area contributed by atoms with E-state index in [9.17, 15) is 17.6 Å². The predicted molar refractivity (Wildman–Crippen MR) is 77.1 cm³/mol. The first-order valence-corrected chi connectivity index (χ1v) is 7.06. The lowest BCUT2D eigenvalue weighted by molar-refractivity contribution is -0.132. The fourth-order valence-electron chi connectivity index (χ4n) is 2.17. The van der Waals surface area contributed by atoms with Crippen LogP contribution in [0.25, 0.3) is 0 Å². The Morgan fingerprint density at radius 3 is 2.52 bits per heavy atom. The van der Waals surface area contributed by atoms with Crippen LogP contribution in [0.15, 0.2) is 18.2 Å². The van der Waals surface area contributed by atoms with Gasteiger partial charge in [-0.1, -0.05) is 13.0 Å². The van der Waals surface area contributed by atoms with Crippen molar-refractivity contribution in [2.24, 2.45) is 0 Å². The minimum atomic E-state index is -4.21. The van der Waals surface area contributed by atoms with Gasteiger partial charge in [0.15, 0.2) is 0 Å². The molecule has 0 aliphatic rings. The standard InChI is InChI=1S/C15H22F4N2/c1-4-9-20-11(2)14-12(16)6-5-7-13(14)21(3)10-8-15(17,18)19/h5-7,11,20H,4,8-10H2,1-3H3. The van der Waals surface area contributed by atoms with Gasteiger partial charge in [0.1, 0.15) is 5.82 Å². The summed E-state index contributed by atoms with van der Waals surface area (Å²) in [6.45, 7) is 4.34. The van der Waals surface area contributed by atoms with Crippen molar-refractivity contribution in [1.29, 1.82) is 0 Å². The summed E-state index contributed by atoms with van der Waals surface area (Å²) in [6, 6.07) is 4.25. The zero-order valence-corrected chi connectivity index (χ0v) is 12.6. The largest absolute Gasteiger partial charge is 0.390 e. The molecule has 1 rings (SSSR count). The molecule has 0 fully saturated rings. The Bertz CT molecular complexity index is 446. The van der Waals surface area contributed by atoms with Crippen LogP contribution >= 0.6 is 0 Å². The maximum absolute atomic E-state index is 14.1. The molecule has 2 nitrogen and oxygen atoms in total. The topological polar surface area (TPSA) is 15.3 Å². The third kappa shape index (κ3) is 5.53. The van der Waals surface area contributed by atoms with Gasteiger partial charge in [-0.2, -0.15) is 13.2 Å². The van der Waals surface area contributed by atoms with Crippen molar-refractivity contribution < 1.29 is 17.6 Å². The lowest BCUT2D eigenvalue weighted by Gasteiger charge is -2.26. The van der Waals surface area contributed by atoms with Gasteiger partial charge in [0.25, 0.3) is 0 Å². The first-order valence-electron chi connectivity index (χ1n) is 7.06. The molecule has 0 heterocycles. The van der Waals surface area contributed by atoms with E-state index in [2.05, 4.69) is 5.32 Å². The number of hydrogen-bond acceptors (Lipinski definition) is 2. The summed E-state index contributed by atoms with van der Waals surface area (Å²) in [7, 11) is 1.55. The van der Waals surface area contributed by atoms with E-state index in [1.54, 1.807) is 13.1 Å². The van der Waals surface area contributed by atoms with E-state index in [1.807, 2.05) is 13.8 Å². The summed E-state index contributed by atoms with van der Waals surface area (Å²) >= 11 is 0. The van der Waals surface area contributed by atoms with E-state index in [4.69, 9.17) is 0 Å². The predicted octanol–water partition coefficient (Wildman–Crippen LogP) is 4.27. The SMILES string of the molecule is CCCNC(C)c1c(F)cccc1N(C)CCC(F)(F)F. The maximum atomic E-state index is 14.1. The quantitative estimate of drug-likeness (QED) is 0.757. The van der Waals surface area contributed by atoms with Crippen LogP contribution in [0.4, 0.5) is 23.2 Å². The van der Waals surface area contributed by atoms with Gasteiger partial charge in [0.2, 0.25) is 0 Å². The van der Waals surface area contributed by atoms with E-state index in [0.717, 1.165) is 13.0 Å². The highest BCUT2D eigenvalue weighted by Gasteiger charge is 2.28. The Labute approximate surface area is 123 Å². The highest BCUT2D eigenvalue weighted by atomic mass is 19.4. The van der Waals surface area contributed by atoms with Crippen molar-refractivity contribution in [3.05, 3.63) is 29.6 Å². The maximum Gasteiger partial charge on any atom is 0.390 e. The molecule has 0 aliphatic carbocycles. The van der Waals surface area contributed by atoms with Gasteiger partial charge in [0.05, 0.1) is 6.42 Å². The van der Waals surface area contributed by atoms with Crippen molar-refractivity contribution in [2.75, 3.05) is 25.0 Å². The van der Waals surface area contributed by atoms with E-state index in [-0.39, 0.29) is 12.6 Å². The van der Waals surface area contributed by atoms with Gasteiger partial charge in [-0.15, -0.1) is 0 Å². The van der Waals surface area contributed by atoms with Crippen molar-refractivity contribution in [2.45, 2.75) is 38.9 Å². The summed E-state index contributed by atoms with van der Waals surface area (Å²) in [5.74, 6) is -0.400. The number of alkyl halides is 3. The molecule has 21 heavy (non-hydrogen) atoms. The minimum Gasteiger partial charge on any atom is -0.374 e. The number of benzene rings is 1. The average Bonchev–Trinajstić information content (AvgIpc) is 2.41. The molecule has 0 amide bonds. The Kier molecular flexibility index (Phi) is 6.45. The van der Waals surface area contributed by atoms with Crippen molar-refractivity contribution in [1.82, 2.24) is 5.32 Å². The van der Waals surface area contributed by atoms with Crippen LogP contribution in [0.5, 0.6) is 0 Å². The van der Waals surface area contributed by atoms with Gasteiger partial charge >= 0.3 is 6.18 Å². The first kappa shape index (κ1) is 17.8. The molecule has 1 N–H and O–H groups in total. The molecule has 1 unspecified atom stereocenters. The fraction of sp³-hybridized carbons (Fsp3) is 0.600. The lowest BCUT2D eigenvalue weighted by atomic mass is 10.0. The van der Waals surface area contributed by atoms with Crippen molar-refractivity contribution >= 4 is 5.69 Å². The Morgan fingerprint density at radius 2 is 1.95 bits per heavy atom. The number of nitrogens with one attached hydrogen (secondary N) is 1. The second-order valence-electron chi connectivity index (χ2n) is 5.14. The highest BCUT2D eigenvalue weighted by molar-refractivity contribution is 5.55. The zero-order valence-electron chi connectivity index (χ0n) is 12.6. The molecular formula is C15H22F4N2. The van der Waals surface area contributed by atoms with Crippen molar-refractivity contribution in [3.63, 3.8) is 0 Å². The van der Waals surface area contributed by atoms with Crippen LogP contribution in [0.2, 0.25) is 0 Å². The van der Waals surface area contributed by atoms with Gasteiger partial charge in [-0.25, -0.2) is 4.39 Å². The Balaban J connectivity index is 2.93. The number of nitrogens with zero attached hydrogens (tertiary/aromatic N) is 1.